The summed E-state index contributed by atoms with van der Waals surface area (Å²) in [5, 5.41) is 2.82. The fourth-order valence-electron chi connectivity index (χ4n) is 2.76. The molecule has 8 heteroatoms. The van der Waals surface area contributed by atoms with Gasteiger partial charge in [-0.1, -0.05) is 19.9 Å². The van der Waals surface area contributed by atoms with Crippen molar-refractivity contribution in [3.63, 3.8) is 0 Å². The number of benzene rings is 1. The maximum atomic E-state index is 13.0. The highest BCUT2D eigenvalue weighted by atomic mass is 32.2. The lowest BCUT2D eigenvalue weighted by atomic mass is 10.2. The predicted octanol–water partition coefficient (Wildman–Crippen LogP) is 1.68. The number of methoxy groups -OCH3 is 1. The zero-order valence-corrected chi connectivity index (χ0v) is 15.9. The van der Waals surface area contributed by atoms with Gasteiger partial charge in [-0.05, 0) is 30.5 Å². The summed E-state index contributed by atoms with van der Waals surface area (Å²) in [6.07, 6.45) is 1.62. The average molecular weight is 369 g/mol. The number of aryl methyl sites for hydroxylation is 1. The van der Waals surface area contributed by atoms with Gasteiger partial charge in [0, 0.05) is 32.7 Å². The molecule has 0 aromatic heterocycles. The summed E-state index contributed by atoms with van der Waals surface area (Å²) in [4.78, 5) is 13.8. The second-order valence-corrected chi connectivity index (χ2v) is 7.87. The quantitative estimate of drug-likeness (QED) is 0.827. The van der Waals surface area contributed by atoms with Crippen LogP contribution in [0.25, 0.3) is 0 Å². The standard InChI is InChI=1S/C17H27N3O4S/c1-4-8-18-17(21)19-9-11-20(12-10-19)25(22,23)16-13-14(5-2)6-7-15(16)24-3/h6-7,13H,4-5,8-12H2,1-3H3,(H,18,21). The van der Waals surface area contributed by atoms with Gasteiger partial charge in [0.2, 0.25) is 10.0 Å². The van der Waals surface area contributed by atoms with Crippen LogP contribution in [0.2, 0.25) is 0 Å². The molecule has 1 fully saturated rings. The highest BCUT2D eigenvalue weighted by molar-refractivity contribution is 7.89. The molecule has 0 saturated carbocycles. The molecule has 7 nitrogen and oxygen atoms in total. The SMILES string of the molecule is CCCNC(=O)N1CCN(S(=O)(=O)c2cc(CC)ccc2OC)CC1. The van der Waals surface area contributed by atoms with Gasteiger partial charge < -0.3 is 15.0 Å². The van der Waals surface area contributed by atoms with Gasteiger partial charge in [-0.25, -0.2) is 13.2 Å². The number of nitrogens with zero attached hydrogens (tertiary/aromatic N) is 2. The summed E-state index contributed by atoms with van der Waals surface area (Å²) in [6.45, 7) is 5.91. The Kier molecular flexibility index (Phi) is 6.66. The Morgan fingerprint density at radius 3 is 2.44 bits per heavy atom. The van der Waals surface area contributed by atoms with Crippen LogP contribution in [0.15, 0.2) is 23.1 Å². The van der Waals surface area contributed by atoms with E-state index >= 15 is 0 Å². The lowest BCUT2D eigenvalue weighted by molar-refractivity contribution is 0.172. The van der Waals surface area contributed by atoms with Crippen molar-refractivity contribution in [2.45, 2.75) is 31.6 Å². The zero-order chi connectivity index (χ0) is 18.4. The minimum Gasteiger partial charge on any atom is -0.495 e. The monoisotopic (exact) mass is 369 g/mol. The van der Waals surface area contributed by atoms with Crippen LogP contribution in [0.3, 0.4) is 0 Å². The molecule has 0 atom stereocenters. The number of piperazine rings is 1. The van der Waals surface area contributed by atoms with Crippen molar-refractivity contribution in [3.05, 3.63) is 23.8 Å². The number of amides is 2. The van der Waals surface area contributed by atoms with Crippen LogP contribution in [0.1, 0.15) is 25.8 Å². The Balaban J connectivity index is 2.13. The van der Waals surface area contributed by atoms with E-state index in [0.29, 0.717) is 25.4 Å². The fourth-order valence-corrected chi connectivity index (χ4v) is 4.39. The summed E-state index contributed by atoms with van der Waals surface area (Å²) in [5.74, 6) is 0.348. The third-order valence-electron chi connectivity index (χ3n) is 4.31. The summed E-state index contributed by atoms with van der Waals surface area (Å²) >= 11 is 0. The van der Waals surface area contributed by atoms with Crippen LogP contribution in [0.5, 0.6) is 5.75 Å². The first kappa shape index (κ1) is 19.5. The number of nitrogens with one attached hydrogen (secondary N) is 1. The number of urea groups is 1. The lowest BCUT2D eigenvalue weighted by Gasteiger charge is -2.34. The first-order valence-corrected chi connectivity index (χ1v) is 10.1. The van der Waals surface area contributed by atoms with Crippen molar-refractivity contribution < 1.29 is 17.9 Å². The molecule has 0 radical (unpaired) electrons. The summed E-state index contributed by atoms with van der Waals surface area (Å²) in [7, 11) is -2.19. The normalized spacial score (nSPS) is 15.9. The van der Waals surface area contributed by atoms with Gasteiger partial charge in [0.25, 0.3) is 0 Å². The molecule has 2 amide bonds. The molecular formula is C17H27N3O4S. The third kappa shape index (κ3) is 4.43. The molecule has 0 aliphatic carbocycles. The van der Waals surface area contributed by atoms with E-state index < -0.39 is 10.0 Å². The first-order valence-electron chi connectivity index (χ1n) is 8.63. The molecule has 1 aliphatic rings. The van der Waals surface area contributed by atoms with Crippen molar-refractivity contribution in [1.29, 1.82) is 0 Å². The molecule has 0 bridgehead atoms. The minimum absolute atomic E-state index is 0.135. The Hall–Kier alpha value is -1.80. The zero-order valence-electron chi connectivity index (χ0n) is 15.1. The topological polar surface area (TPSA) is 79.0 Å². The summed E-state index contributed by atoms with van der Waals surface area (Å²) in [5.41, 5.74) is 0.942. The first-order chi connectivity index (χ1) is 11.9. The maximum absolute atomic E-state index is 13.0. The molecule has 2 rings (SSSR count). The van der Waals surface area contributed by atoms with Gasteiger partial charge in [-0.2, -0.15) is 4.31 Å². The molecule has 140 valence electrons. The second kappa shape index (κ2) is 8.53. The van der Waals surface area contributed by atoms with Gasteiger partial charge in [0.1, 0.15) is 10.6 Å². The fraction of sp³-hybridized carbons (Fsp3) is 0.588. The summed E-state index contributed by atoms with van der Waals surface area (Å²) in [6, 6.07) is 5.10. The molecule has 1 N–H and O–H groups in total. The van der Waals surface area contributed by atoms with E-state index in [4.69, 9.17) is 4.74 Å². The number of ether oxygens (including phenoxy) is 1. The number of carbonyl (C=O) groups is 1. The summed E-state index contributed by atoms with van der Waals surface area (Å²) < 4.78 is 32.7. The number of hydrogen-bond donors (Lipinski definition) is 1. The highest BCUT2D eigenvalue weighted by Crippen LogP contribution is 2.28. The molecule has 0 unspecified atom stereocenters. The van der Waals surface area contributed by atoms with Gasteiger partial charge in [-0.3, -0.25) is 0 Å². The maximum Gasteiger partial charge on any atom is 0.317 e. The Morgan fingerprint density at radius 2 is 1.88 bits per heavy atom. The van der Waals surface area contributed by atoms with E-state index in [1.54, 1.807) is 17.0 Å². The number of carbonyl (C=O) groups excluding carboxylic acids is 1. The van der Waals surface area contributed by atoms with Crippen molar-refractivity contribution in [2.24, 2.45) is 0 Å². The second-order valence-electron chi connectivity index (χ2n) is 5.96. The van der Waals surface area contributed by atoms with E-state index in [-0.39, 0.29) is 24.0 Å². The molecule has 1 aliphatic heterocycles. The largest absolute Gasteiger partial charge is 0.495 e. The molecular weight excluding hydrogens is 342 g/mol. The molecule has 1 heterocycles. The van der Waals surface area contributed by atoms with Gasteiger partial charge in [-0.15, -0.1) is 0 Å². The number of sulfonamides is 1. The third-order valence-corrected chi connectivity index (χ3v) is 6.23. The van der Waals surface area contributed by atoms with Crippen molar-refractivity contribution in [3.8, 4) is 5.75 Å². The van der Waals surface area contributed by atoms with Gasteiger partial charge >= 0.3 is 6.03 Å². The van der Waals surface area contributed by atoms with Crippen LogP contribution in [-0.2, 0) is 16.4 Å². The molecule has 25 heavy (non-hydrogen) atoms. The van der Waals surface area contributed by atoms with Gasteiger partial charge in [0.15, 0.2) is 0 Å². The van der Waals surface area contributed by atoms with Crippen LogP contribution < -0.4 is 10.1 Å². The van der Waals surface area contributed by atoms with Crippen LogP contribution in [0.4, 0.5) is 4.79 Å². The predicted molar refractivity (Wildman–Crippen MR) is 96.4 cm³/mol. The number of rotatable bonds is 6. The Morgan fingerprint density at radius 1 is 1.20 bits per heavy atom. The van der Waals surface area contributed by atoms with E-state index in [0.717, 1.165) is 18.4 Å². The van der Waals surface area contributed by atoms with E-state index in [9.17, 15) is 13.2 Å². The molecule has 1 aromatic rings. The lowest BCUT2D eigenvalue weighted by Crippen LogP contribution is -2.53. The van der Waals surface area contributed by atoms with Crippen molar-refractivity contribution in [1.82, 2.24) is 14.5 Å². The molecule has 0 spiro atoms. The highest BCUT2D eigenvalue weighted by Gasteiger charge is 2.32. The van der Waals surface area contributed by atoms with E-state index in [2.05, 4.69) is 5.32 Å². The number of hydrogen-bond acceptors (Lipinski definition) is 4. The Bertz CT molecular complexity index is 698. The average Bonchev–Trinajstić information content (AvgIpc) is 2.65. The van der Waals surface area contributed by atoms with E-state index in [1.165, 1.54) is 11.4 Å². The smallest absolute Gasteiger partial charge is 0.317 e. The molecule has 1 saturated heterocycles. The van der Waals surface area contributed by atoms with Crippen molar-refractivity contribution >= 4 is 16.1 Å². The van der Waals surface area contributed by atoms with Crippen LogP contribution >= 0.6 is 0 Å². The van der Waals surface area contributed by atoms with Crippen LogP contribution in [0, 0.1) is 0 Å². The molecule has 1 aromatic carbocycles. The minimum atomic E-state index is -3.65. The van der Waals surface area contributed by atoms with Crippen molar-refractivity contribution in [2.75, 3.05) is 39.8 Å². The van der Waals surface area contributed by atoms with E-state index in [1.807, 2.05) is 19.9 Å². The van der Waals surface area contributed by atoms with Crippen LogP contribution in [-0.4, -0.2) is 63.5 Å². The Labute approximate surface area is 150 Å². The van der Waals surface area contributed by atoms with Gasteiger partial charge in [0.05, 0.1) is 7.11 Å².